The third-order valence-electron chi connectivity index (χ3n) is 4.01. The van der Waals surface area contributed by atoms with E-state index in [-0.39, 0.29) is 24.0 Å². The predicted molar refractivity (Wildman–Crippen MR) is 104 cm³/mol. The van der Waals surface area contributed by atoms with Crippen molar-refractivity contribution in [3.05, 3.63) is 31.0 Å². The van der Waals surface area contributed by atoms with Gasteiger partial charge in [0, 0.05) is 57.4 Å². The zero-order valence-corrected chi connectivity index (χ0v) is 16.4. The first kappa shape index (κ1) is 18.9. The molecular weight excluding hydrogens is 419 g/mol. The van der Waals surface area contributed by atoms with E-state index in [1.807, 2.05) is 31.7 Å². The van der Waals surface area contributed by atoms with E-state index in [4.69, 9.17) is 4.74 Å². The molecule has 0 radical (unpaired) electrons. The van der Waals surface area contributed by atoms with Gasteiger partial charge in [-0.15, -0.1) is 24.0 Å². The van der Waals surface area contributed by atoms with Gasteiger partial charge in [-0.3, -0.25) is 4.90 Å². The lowest BCUT2D eigenvalue weighted by Gasteiger charge is -2.22. The molecule has 1 aliphatic rings. The minimum atomic E-state index is 0. The Morgan fingerprint density at radius 2 is 2.04 bits per heavy atom. The zero-order valence-electron chi connectivity index (χ0n) is 14.0. The van der Waals surface area contributed by atoms with E-state index >= 15 is 0 Å². The summed E-state index contributed by atoms with van der Waals surface area (Å²) in [6.45, 7) is 8.68. The summed E-state index contributed by atoms with van der Waals surface area (Å²) in [6, 6.07) is 1.81. The highest BCUT2D eigenvalue weighted by Crippen LogP contribution is 2.15. The molecule has 0 spiro atoms. The van der Waals surface area contributed by atoms with Gasteiger partial charge in [-0.1, -0.05) is 0 Å². The van der Waals surface area contributed by atoms with Crippen LogP contribution in [0.5, 0.6) is 5.88 Å². The maximum atomic E-state index is 5.47. The summed E-state index contributed by atoms with van der Waals surface area (Å²) in [5.41, 5.74) is 0. The monoisotopic (exact) mass is 444 g/mol. The van der Waals surface area contributed by atoms with Crippen LogP contribution in [0.4, 0.5) is 5.95 Å². The molecule has 0 aromatic carbocycles. The molecule has 0 bridgehead atoms. The molecule has 8 heteroatoms. The van der Waals surface area contributed by atoms with E-state index in [2.05, 4.69) is 29.3 Å². The number of hydrogen-bond acceptors (Lipinski definition) is 6. The molecule has 0 saturated carbocycles. The summed E-state index contributed by atoms with van der Waals surface area (Å²) < 4.78 is 7.60. The van der Waals surface area contributed by atoms with Gasteiger partial charge in [0.1, 0.15) is 0 Å². The van der Waals surface area contributed by atoms with Crippen LogP contribution in [0.25, 0.3) is 0 Å². The molecule has 2 aromatic heterocycles. The standard InChI is InChI=1S/C16H24N6O.HI/c1-2-23-15-4-5-18-16(19-15)22-8-3-7-20(12-13-22)10-11-21-9-6-17-14-21;/h4-6,9,14H,2-3,7-8,10-13H2,1H3;1H. The molecule has 3 heterocycles. The first-order valence-electron chi connectivity index (χ1n) is 8.24. The van der Waals surface area contributed by atoms with Gasteiger partial charge in [-0.2, -0.15) is 4.98 Å². The van der Waals surface area contributed by atoms with Crippen LogP contribution in [-0.4, -0.2) is 63.7 Å². The Labute approximate surface area is 160 Å². The van der Waals surface area contributed by atoms with Crippen LogP contribution >= 0.6 is 24.0 Å². The summed E-state index contributed by atoms with van der Waals surface area (Å²) in [5, 5.41) is 0. The maximum Gasteiger partial charge on any atom is 0.228 e. The third kappa shape index (κ3) is 5.30. The van der Waals surface area contributed by atoms with Crippen molar-refractivity contribution in [1.29, 1.82) is 0 Å². The molecule has 0 amide bonds. The Bertz CT molecular complexity index is 594. The van der Waals surface area contributed by atoms with Crippen molar-refractivity contribution in [2.45, 2.75) is 19.9 Å². The number of rotatable bonds is 6. The molecule has 1 fully saturated rings. The van der Waals surface area contributed by atoms with Crippen LogP contribution < -0.4 is 9.64 Å². The van der Waals surface area contributed by atoms with Gasteiger partial charge in [0.2, 0.25) is 11.8 Å². The largest absolute Gasteiger partial charge is 0.478 e. The number of anilines is 1. The second-order valence-electron chi connectivity index (χ2n) is 5.61. The lowest BCUT2D eigenvalue weighted by molar-refractivity contribution is 0.281. The molecule has 24 heavy (non-hydrogen) atoms. The van der Waals surface area contributed by atoms with Gasteiger partial charge in [0.25, 0.3) is 0 Å². The molecule has 0 atom stereocenters. The first-order chi connectivity index (χ1) is 11.3. The van der Waals surface area contributed by atoms with Gasteiger partial charge < -0.3 is 14.2 Å². The molecule has 3 rings (SSSR count). The van der Waals surface area contributed by atoms with Gasteiger partial charge >= 0.3 is 0 Å². The van der Waals surface area contributed by atoms with Crippen LogP contribution in [0.3, 0.4) is 0 Å². The fourth-order valence-electron chi connectivity index (χ4n) is 2.78. The fourth-order valence-corrected chi connectivity index (χ4v) is 2.78. The predicted octanol–water partition coefficient (Wildman–Crippen LogP) is 1.90. The van der Waals surface area contributed by atoms with Crippen LogP contribution in [0.1, 0.15) is 13.3 Å². The normalized spacial score (nSPS) is 15.6. The van der Waals surface area contributed by atoms with Crippen molar-refractivity contribution in [3.63, 3.8) is 0 Å². The smallest absolute Gasteiger partial charge is 0.228 e. The van der Waals surface area contributed by atoms with E-state index in [1.54, 1.807) is 6.20 Å². The van der Waals surface area contributed by atoms with Crippen molar-refractivity contribution >= 4 is 29.9 Å². The lowest BCUT2D eigenvalue weighted by atomic mass is 10.4. The Balaban J connectivity index is 0.00000208. The second-order valence-corrected chi connectivity index (χ2v) is 5.61. The Morgan fingerprint density at radius 1 is 1.12 bits per heavy atom. The Hall–Kier alpha value is -1.42. The van der Waals surface area contributed by atoms with Crippen LogP contribution in [0, 0.1) is 0 Å². The van der Waals surface area contributed by atoms with Crippen molar-refractivity contribution in [1.82, 2.24) is 24.4 Å². The van der Waals surface area contributed by atoms with Crippen molar-refractivity contribution in [3.8, 4) is 5.88 Å². The maximum absolute atomic E-state index is 5.47. The molecular formula is C16H25IN6O. The van der Waals surface area contributed by atoms with Gasteiger partial charge in [-0.05, 0) is 19.9 Å². The summed E-state index contributed by atoms with van der Waals surface area (Å²) in [6.07, 6.45) is 8.60. The quantitative estimate of drug-likeness (QED) is 0.635. The minimum absolute atomic E-state index is 0. The molecule has 7 nitrogen and oxygen atoms in total. The van der Waals surface area contributed by atoms with E-state index in [9.17, 15) is 0 Å². The number of ether oxygens (including phenoxy) is 1. The van der Waals surface area contributed by atoms with E-state index in [1.165, 1.54) is 0 Å². The fraction of sp³-hybridized carbons (Fsp3) is 0.562. The minimum Gasteiger partial charge on any atom is -0.478 e. The van der Waals surface area contributed by atoms with Crippen molar-refractivity contribution < 1.29 is 4.74 Å². The molecule has 132 valence electrons. The molecule has 0 unspecified atom stereocenters. The number of imidazole rings is 1. The highest BCUT2D eigenvalue weighted by atomic mass is 127. The Morgan fingerprint density at radius 3 is 2.83 bits per heavy atom. The molecule has 1 saturated heterocycles. The average molecular weight is 444 g/mol. The van der Waals surface area contributed by atoms with E-state index in [0.717, 1.165) is 51.6 Å². The van der Waals surface area contributed by atoms with Crippen LogP contribution in [0.2, 0.25) is 0 Å². The molecule has 2 aromatic rings. The number of hydrogen-bond donors (Lipinski definition) is 0. The van der Waals surface area contributed by atoms with E-state index in [0.29, 0.717) is 12.5 Å². The summed E-state index contributed by atoms with van der Waals surface area (Å²) in [4.78, 5) is 17.7. The Kier molecular flexibility index (Phi) is 7.70. The number of halogens is 1. The third-order valence-corrected chi connectivity index (χ3v) is 4.01. The summed E-state index contributed by atoms with van der Waals surface area (Å²) in [5.74, 6) is 1.42. The number of nitrogens with zero attached hydrogens (tertiary/aromatic N) is 6. The van der Waals surface area contributed by atoms with Crippen LogP contribution in [-0.2, 0) is 6.54 Å². The van der Waals surface area contributed by atoms with Crippen molar-refractivity contribution in [2.75, 3.05) is 44.2 Å². The molecule has 0 N–H and O–H groups in total. The lowest BCUT2D eigenvalue weighted by Crippen LogP contribution is -2.33. The van der Waals surface area contributed by atoms with E-state index < -0.39 is 0 Å². The summed E-state index contributed by atoms with van der Waals surface area (Å²) in [7, 11) is 0. The highest BCUT2D eigenvalue weighted by Gasteiger charge is 2.17. The molecule has 0 aliphatic carbocycles. The average Bonchev–Trinajstić information content (AvgIpc) is 2.98. The topological polar surface area (TPSA) is 59.3 Å². The van der Waals surface area contributed by atoms with Gasteiger partial charge in [0.15, 0.2) is 0 Å². The zero-order chi connectivity index (χ0) is 15.9. The highest BCUT2D eigenvalue weighted by molar-refractivity contribution is 14.0. The molecule has 1 aliphatic heterocycles. The second kappa shape index (κ2) is 9.77. The van der Waals surface area contributed by atoms with Crippen molar-refractivity contribution in [2.24, 2.45) is 0 Å². The first-order valence-corrected chi connectivity index (χ1v) is 8.24. The number of aromatic nitrogens is 4. The van der Waals surface area contributed by atoms with Gasteiger partial charge in [-0.25, -0.2) is 9.97 Å². The van der Waals surface area contributed by atoms with Crippen LogP contribution in [0.15, 0.2) is 31.0 Å². The van der Waals surface area contributed by atoms with Gasteiger partial charge in [0.05, 0.1) is 12.9 Å². The summed E-state index contributed by atoms with van der Waals surface area (Å²) >= 11 is 0. The SMILES string of the molecule is CCOc1ccnc(N2CCCN(CCn3ccnc3)CC2)n1.I.